The Morgan fingerprint density at radius 2 is 2.17 bits per heavy atom. The number of methoxy groups -OCH3 is 1. The van der Waals surface area contributed by atoms with E-state index in [4.69, 9.17) is 14.7 Å². The van der Waals surface area contributed by atoms with Crippen LogP contribution < -0.4 is 14.8 Å². The van der Waals surface area contributed by atoms with Crippen LogP contribution in [0.1, 0.15) is 19.4 Å². The third-order valence-corrected chi connectivity index (χ3v) is 2.84. The standard InChI is InChI=1S/C18H22N2O3/c1-5-8-20-18(21)15(11-19)9-14-6-7-16(22-4)17(10-14)23-12-13(2)3/h5-7,9-10,13H,1,8,12H2,2-4H3,(H,20,21)/b15-9+. The number of carbonyl (C=O) groups is 1. The number of ether oxygens (including phenoxy) is 2. The van der Waals surface area contributed by atoms with Gasteiger partial charge in [0.1, 0.15) is 11.6 Å². The topological polar surface area (TPSA) is 71.4 Å². The van der Waals surface area contributed by atoms with Gasteiger partial charge in [0.15, 0.2) is 11.5 Å². The summed E-state index contributed by atoms with van der Waals surface area (Å²) in [6.07, 6.45) is 3.07. The summed E-state index contributed by atoms with van der Waals surface area (Å²) in [5.74, 6) is 1.13. The van der Waals surface area contributed by atoms with Crippen molar-refractivity contribution in [2.24, 2.45) is 5.92 Å². The Hall–Kier alpha value is -2.74. The molecule has 0 spiro atoms. The molecule has 0 fully saturated rings. The maximum absolute atomic E-state index is 11.9. The maximum atomic E-state index is 11.9. The largest absolute Gasteiger partial charge is 0.493 e. The van der Waals surface area contributed by atoms with Gasteiger partial charge in [-0.3, -0.25) is 4.79 Å². The smallest absolute Gasteiger partial charge is 0.262 e. The summed E-state index contributed by atoms with van der Waals surface area (Å²) in [5.41, 5.74) is 0.710. The Morgan fingerprint density at radius 1 is 1.43 bits per heavy atom. The van der Waals surface area contributed by atoms with E-state index in [2.05, 4.69) is 11.9 Å². The number of nitrogens with one attached hydrogen (secondary N) is 1. The predicted octanol–water partition coefficient (Wildman–Crippen LogP) is 2.94. The molecular weight excluding hydrogens is 292 g/mol. The molecule has 1 amide bonds. The number of hydrogen-bond donors (Lipinski definition) is 1. The van der Waals surface area contributed by atoms with Crippen molar-refractivity contribution in [1.82, 2.24) is 5.32 Å². The van der Waals surface area contributed by atoms with Gasteiger partial charge >= 0.3 is 0 Å². The molecule has 0 saturated carbocycles. The van der Waals surface area contributed by atoms with Gasteiger partial charge in [-0.25, -0.2) is 0 Å². The molecule has 0 saturated heterocycles. The minimum Gasteiger partial charge on any atom is -0.493 e. The Kier molecular flexibility index (Phi) is 7.41. The summed E-state index contributed by atoms with van der Waals surface area (Å²) in [5, 5.41) is 11.7. The van der Waals surface area contributed by atoms with Crippen LogP contribution in [0.2, 0.25) is 0 Å². The third kappa shape index (κ3) is 5.87. The predicted molar refractivity (Wildman–Crippen MR) is 90.1 cm³/mol. The average Bonchev–Trinajstić information content (AvgIpc) is 2.55. The minimum atomic E-state index is -0.437. The molecule has 0 aliphatic rings. The second-order valence-electron chi connectivity index (χ2n) is 5.28. The lowest BCUT2D eigenvalue weighted by Crippen LogP contribution is -2.24. The molecule has 0 aromatic heterocycles. The monoisotopic (exact) mass is 314 g/mol. The van der Waals surface area contributed by atoms with E-state index in [1.807, 2.05) is 19.9 Å². The summed E-state index contributed by atoms with van der Waals surface area (Å²) in [4.78, 5) is 11.9. The van der Waals surface area contributed by atoms with Crippen molar-refractivity contribution in [2.75, 3.05) is 20.3 Å². The molecule has 1 N–H and O–H groups in total. The third-order valence-electron chi connectivity index (χ3n) is 2.84. The van der Waals surface area contributed by atoms with Crippen LogP contribution in [-0.4, -0.2) is 26.2 Å². The van der Waals surface area contributed by atoms with Crippen molar-refractivity contribution in [3.8, 4) is 17.6 Å². The van der Waals surface area contributed by atoms with E-state index in [9.17, 15) is 4.79 Å². The minimum absolute atomic E-state index is 0.0202. The first-order valence-corrected chi connectivity index (χ1v) is 7.33. The molecule has 23 heavy (non-hydrogen) atoms. The SMILES string of the molecule is C=CCNC(=O)/C(C#N)=C/c1ccc(OC)c(OCC(C)C)c1. The van der Waals surface area contributed by atoms with E-state index in [0.717, 1.165) is 0 Å². The van der Waals surface area contributed by atoms with Gasteiger partial charge in [0.2, 0.25) is 0 Å². The Bertz CT molecular complexity index is 628. The lowest BCUT2D eigenvalue weighted by Gasteiger charge is -2.13. The fourth-order valence-electron chi connectivity index (χ4n) is 1.73. The van der Waals surface area contributed by atoms with Gasteiger partial charge in [0.05, 0.1) is 13.7 Å². The van der Waals surface area contributed by atoms with Crippen molar-refractivity contribution in [2.45, 2.75) is 13.8 Å². The first-order chi connectivity index (χ1) is 11.0. The molecule has 0 radical (unpaired) electrons. The first-order valence-electron chi connectivity index (χ1n) is 7.33. The molecule has 1 rings (SSSR count). The summed E-state index contributed by atoms with van der Waals surface area (Å²) in [6, 6.07) is 7.16. The maximum Gasteiger partial charge on any atom is 0.262 e. The van der Waals surface area contributed by atoms with Crippen LogP contribution >= 0.6 is 0 Å². The molecular formula is C18H22N2O3. The lowest BCUT2D eigenvalue weighted by atomic mass is 10.1. The van der Waals surface area contributed by atoms with Crippen LogP contribution in [0, 0.1) is 17.2 Å². The van der Waals surface area contributed by atoms with E-state index >= 15 is 0 Å². The number of nitrogens with zero attached hydrogens (tertiary/aromatic N) is 1. The molecule has 0 unspecified atom stereocenters. The summed E-state index contributed by atoms with van der Waals surface area (Å²) >= 11 is 0. The highest BCUT2D eigenvalue weighted by Crippen LogP contribution is 2.29. The molecule has 0 aliphatic heterocycles. The van der Waals surface area contributed by atoms with Gasteiger partial charge in [-0.15, -0.1) is 6.58 Å². The van der Waals surface area contributed by atoms with Crippen molar-refractivity contribution < 1.29 is 14.3 Å². The quantitative estimate of drug-likeness (QED) is 0.455. The lowest BCUT2D eigenvalue weighted by molar-refractivity contribution is -0.116. The summed E-state index contributed by atoms with van der Waals surface area (Å²) < 4.78 is 11.0. The number of rotatable bonds is 8. The zero-order chi connectivity index (χ0) is 17.2. The van der Waals surface area contributed by atoms with Crippen molar-refractivity contribution in [3.05, 3.63) is 42.0 Å². The highest BCUT2D eigenvalue weighted by molar-refractivity contribution is 6.01. The van der Waals surface area contributed by atoms with Gasteiger partial charge in [0.25, 0.3) is 5.91 Å². The number of carbonyl (C=O) groups excluding carboxylic acids is 1. The molecule has 0 bridgehead atoms. The van der Waals surface area contributed by atoms with Crippen LogP contribution in [0.5, 0.6) is 11.5 Å². The fraction of sp³-hybridized carbons (Fsp3) is 0.333. The highest BCUT2D eigenvalue weighted by Gasteiger charge is 2.10. The average molecular weight is 314 g/mol. The van der Waals surface area contributed by atoms with E-state index in [1.165, 1.54) is 6.08 Å². The van der Waals surface area contributed by atoms with Crippen LogP contribution in [0.25, 0.3) is 6.08 Å². The van der Waals surface area contributed by atoms with Gasteiger partial charge in [-0.05, 0) is 29.7 Å². The van der Waals surface area contributed by atoms with Crippen molar-refractivity contribution in [3.63, 3.8) is 0 Å². The van der Waals surface area contributed by atoms with Crippen molar-refractivity contribution in [1.29, 1.82) is 5.26 Å². The highest BCUT2D eigenvalue weighted by atomic mass is 16.5. The number of amides is 1. The molecule has 5 nitrogen and oxygen atoms in total. The summed E-state index contributed by atoms with van der Waals surface area (Å²) in [7, 11) is 1.57. The number of nitriles is 1. The van der Waals surface area contributed by atoms with Crippen molar-refractivity contribution >= 4 is 12.0 Å². The molecule has 0 heterocycles. The Balaban J connectivity index is 3.04. The van der Waals surface area contributed by atoms with Gasteiger partial charge < -0.3 is 14.8 Å². The van der Waals surface area contributed by atoms with Crippen LogP contribution in [0.3, 0.4) is 0 Å². The van der Waals surface area contributed by atoms with E-state index < -0.39 is 5.91 Å². The second-order valence-corrected chi connectivity index (χ2v) is 5.28. The molecule has 5 heteroatoms. The first kappa shape index (κ1) is 18.3. The van der Waals surface area contributed by atoms with Crippen LogP contribution in [0.15, 0.2) is 36.4 Å². The zero-order valence-electron chi connectivity index (χ0n) is 13.8. The Labute approximate surface area is 137 Å². The molecule has 0 atom stereocenters. The molecule has 0 aliphatic carbocycles. The van der Waals surface area contributed by atoms with E-state index in [0.29, 0.717) is 36.1 Å². The normalized spacial score (nSPS) is 10.8. The van der Waals surface area contributed by atoms with Gasteiger partial charge in [-0.2, -0.15) is 5.26 Å². The van der Waals surface area contributed by atoms with Gasteiger partial charge in [-0.1, -0.05) is 26.0 Å². The summed E-state index contributed by atoms with van der Waals surface area (Å²) in [6.45, 7) is 8.48. The number of hydrogen-bond acceptors (Lipinski definition) is 4. The second kappa shape index (κ2) is 9.31. The fourth-order valence-corrected chi connectivity index (χ4v) is 1.73. The molecule has 1 aromatic rings. The van der Waals surface area contributed by atoms with Gasteiger partial charge in [0, 0.05) is 6.54 Å². The van der Waals surface area contributed by atoms with Crippen LogP contribution in [-0.2, 0) is 4.79 Å². The molecule has 122 valence electrons. The van der Waals surface area contributed by atoms with E-state index in [-0.39, 0.29) is 5.57 Å². The zero-order valence-corrected chi connectivity index (χ0v) is 13.8. The number of benzene rings is 1. The van der Waals surface area contributed by atoms with Crippen LogP contribution in [0.4, 0.5) is 0 Å². The Morgan fingerprint density at radius 3 is 2.74 bits per heavy atom. The van der Waals surface area contributed by atoms with E-state index in [1.54, 1.807) is 31.4 Å². The molecule has 1 aromatic carbocycles.